The van der Waals surface area contributed by atoms with E-state index in [4.69, 9.17) is 28.4 Å². The number of rotatable bonds is 41. The van der Waals surface area contributed by atoms with E-state index in [1.807, 2.05) is 14.0 Å². The zero-order valence-corrected chi connectivity index (χ0v) is 42.4. The molecule has 416 valence electrons. The maximum atomic E-state index is 13.2. The molecule has 0 bridgehead atoms. The number of carbonyl (C=O) groups is 3. The molecule has 10 nitrogen and oxygen atoms in total. The molecule has 1 heterocycles. The molecule has 0 N–H and O–H groups in total. The van der Waals surface area contributed by atoms with Crippen molar-refractivity contribution < 1.29 is 86.7 Å². The fraction of sp³-hybridized carbons (Fsp3) is 0.863. The summed E-state index contributed by atoms with van der Waals surface area (Å²) in [5.74, 6) is -11.5. The highest BCUT2D eigenvalue weighted by Gasteiger charge is 2.57. The summed E-state index contributed by atoms with van der Waals surface area (Å²) in [6.07, 6.45) is 6.16. The minimum absolute atomic E-state index is 0.0200. The summed E-state index contributed by atoms with van der Waals surface area (Å²) in [5.41, 5.74) is -0.260. The maximum Gasteiger partial charge on any atom is 0.508 e. The van der Waals surface area contributed by atoms with Crippen LogP contribution in [0.4, 0.5) is 48.7 Å². The summed E-state index contributed by atoms with van der Waals surface area (Å²) in [5, 5.41) is 0. The van der Waals surface area contributed by atoms with Crippen LogP contribution < -0.4 is 0 Å². The van der Waals surface area contributed by atoms with Crippen molar-refractivity contribution in [2.45, 2.75) is 211 Å². The normalized spacial score (nSPS) is 16.8. The monoisotopic (exact) mass is 1040 g/mol. The van der Waals surface area contributed by atoms with Crippen molar-refractivity contribution in [3.05, 3.63) is 24.3 Å². The van der Waals surface area contributed by atoms with E-state index in [2.05, 4.69) is 36.1 Å². The lowest BCUT2D eigenvalue weighted by Crippen LogP contribution is -2.42. The van der Waals surface area contributed by atoms with Gasteiger partial charge in [0.1, 0.15) is 26.4 Å². The lowest BCUT2D eigenvalue weighted by Gasteiger charge is -2.38. The number of nitrogens with zero attached hydrogens (tertiary/aromatic N) is 1. The van der Waals surface area contributed by atoms with Gasteiger partial charge in [0.15, 0.2) is 6.29 Å². The molecule has 1 aliphatic heterocycles. The molecule has 1 rings (SSSR count). The number of ether oxygens (including phenoxy) is 6. The topological polar surface area (TPSA) is 110 Å². The molecule has 1 saturated heterocycles. The number of alkyl halides is 10. The highest BCUT2D eigenvalue weighted by Crippen LogP contribution is 2.40. The van der Waals surface area contributed by atoms with Crippen LogP contribution in [0.3, 0.4) is 0 Å². The number of piperidine rings is 1. The largest absolute Gasteiger partial charge is 0.508 e. The average molecular weight is 1040 g/mol. The molecule has 1 fully saturated rings. The van der Waals surface area contributed by atoms with Gasteiger partial charge in [-0.1, -0.05) is 95.9 Å². The van der Waals surface area contributed by atoms with Gasteiger partial charge >= 0.3 is 42.3 Å². The molecule has 0 aliphatic carbocycles. The first-order valence-electron chi connectivity index (χ1n) is 25.7. The van der Waals surface area contributed by atoms with Gasteiger partial charge in [0.05, 0.1) is 12.3 Å². The van der Waals surface area contributed by atoms with Crippen molar-refractivity contribution >= 4 is 18.1 Å². The molecule has 0 spiro atoms. The zero-order valence-electron chi connectivity index (χ0n) is 42.4. The Balaban J connectivity index is 2.71. The Kier molecular flexibility index (Phi) is 34.1. The van der Waals surface area contributed by atoms with Crippen molar-refractivity contribution in [3.8, 4) is 0 Å². The number of hydrogen-bond acceptors (Lipinski definition) is 10. The Hall–Kier alpha value is -3.13. The number of allylic oxidation sites excluding steroid dienone is 4. The van der Waals surface area contributed by atoms with Crippen molar-refractivity contribution in [1.29, 1.82) is 0 Å². The minimum Gasteiger partial charge on any atom is -0.465 e. The van der Waals surface area contributed by atoms with Gasteiger partial charge in [-0.2, -0.15) is 43.9 Å². The number of halogens is 10. The summed E-state index contributed by atoms with van der Waals surface area (Å²) >= 11 is 0. The summed E-state index contributed by atoms with van der Waals surface area (Å²) in [6, 6.07) is 0. The Morgan fingerprint density at radius 3 is 1.61 bits per heavy atom. The standard InChI is InChI=1S/C51H83F10NO9/c1-4-5-6-7-8-9-10-11-12-13-14-15-16-17-22-28-43(63)68-37-42(39-70-46(65)71-41-47(2)31-27-34-62(3)40-47)38-69-44(64)29-30-45(66-35-25-20-18-23-32-48(52,53)50(56,57)58)67-36-26-21-19-24-33-49(54,55)51(59,60)61/h8-9,11-12,42,45H,4-7,10,13-41H2,1-3H3/b9-8-,12-11-. The first-order valence-corrected chi connectivity index (χ1v) is 25.7. The quantitative estimate of drug-likeness (QED) is 0.0147. The van der Waals surface area contributed by atoms with Crippen molar-refractivity contribution in [2.75, 3.05) is 59.8 Å². The predicted molar refractivity (Wildman–Crippen MR) is 250 cm³/mol. The summed E-state index contributed by atoms with van der Waals surface area (Å²) in [6.45, 7) is 5.14. The zero-order chi connectivity index (χ0) is 53.1. The molecule has 1 aliphatic rings. The van der Waals surface area contributed by atoms with Crippen molar-refractivity contribution in [2.24, 2.45) is 11.3 Å². The average Bonchev–Trinajstić information content (AvgIpc) is 3.29. The lowest BCUT2D eigenvalue weighted by atomic mass is 9.83. The molecular weight excluding hydrogens is 961 g/mol. The Morgan fingerprint density at radius 1 is 0.592 bits per heavy atom. The van der Waals surface area contributed by atoms with Gasteiger partial charge in [-0.25, -0.2) is 4.79 Å². The van der Waals surface area contributed by atoms with Crippen LogP contribution in [0.25, 0.3) is 0 Å². The van der Waals surface area contributed by atoms with Crippen LogP contribution >= 0.6 is 0 Å². The van der Waals surface area contributed by atoms with Crippen LogP contribution in [0.15, 0.2) is 24.3 Å². The van der Waals surface area contributed by atoms with E-state index >= 15 is 0 Å². The van der Waals surface area contributed by atoms with Crippen LogP contribution in [-0.2, 0) is 38.0 Å². The van der Waals surface area contributed by atoms with Gasteiger partial charge in [-0.15, -0.1) is 0 Å². The molecule has 71 heavy (non-hydrogen) atoms. The fourth-order valence-electron chi connectivity index (χ4n) is 7.72. The third-order valence-corrected chi connectivity index (χ3v) is 12.0. The van der Waals surface area contributed by atoms with E-state index in [0.29, 0.717) is 6.42 Å². The number of esters is 2. The minimum atomic E-state index is -5.64. The van der Waals surface area contributed by atoms with Crippen molar-refractivity contribution in [3.63, 3.8) is 0 Å². The third-order valence-electron chi connectivity index (χ3n) is 12.0. The highest BCUT2D eigenvalue weighted by atomic mass is 19.4. The summed E-state index contributed by atoms with van der Waals surface area (Å²) < 4.78 is 161. The Bertz CT molecular complexity index is 1440. The van der Waals surface area contributed by atoms with Gasteiger partial charge in [0.2, 0.25) is 0 Å². The molecule has 0 aromatic heterocycles. The third kappa shape index (κ3) is 33.3. The summed E-state index contributed by atoms with van der Waals surface area (Å²) in [4.78, 5) is 40.5. The maximum absolute atomic E-state index is 13.2. The Morgan fingerprint density at radius 2 is 1.07 bits per heavy atom. The highest BCUT2D eigenvalue weighted by molar-refractivity contribution is 5.69. The van der Waals surface area contributed by atoms with E-state index < -0.39 is 67.3 Å². The van der Waals surface area contributed by atoms with Crippen LogP contribution in [0.2, 0.25) is 0 Å². The van der Waals surface area contributed by atoms with Gasteiger partial charge < -0.3 is 33.3 Å². The SMILES string of the molecule is CCCCC/C=C\C/C=C\CCCCCCCC(=O)OCC(COC(=O)CCC(OCCCCCCC(F)(F)C(F)(F)F)OCCCCCCC(F)(F)C(F)(F)F)COC(=O)OCC1(C)CCCN(C)C1. The van der Waals surface area contributed by atoms with Gasteiger partial charge in [0.25, 0.3) is 0 Å². The molecular formula is C51H83F10NO9. The predicted octanol–water partition coefficient (Wildman–Crippen LogP) is 14.8. The molecule has 0 saturated carbocycles. The molecule has 0 aromatic carbocycles. The van der Waals surface area contributed by atoms with Crippen LogP contribution in [0.5, 0.6) is 0 Å². The van der Waals surface area contributed by atoms with Gasteiger partial charge in [-0.3, -0.25) is 9.59 Å². The van der Waals surface area contributed by atoms with Crippen molar-refractivity contribution in [1.82, 2.24) is 4.90 Å². The smallest absolute Gasteiger partial charge is 0.465 e. The van der Waals surface area contributed by atoms with Gasteiger partial charge in [-0.05, 0) is 90.6 Å². The first-order chi connectivity index (χ1) is 33.5. The van der Waals surface area contributed by atoms with E-state index in [9.17, 15) is 58.3 Å². The van der Waals surface area contributed by atoms with Crippen LogP contribution in [0.1, 0.15) is 181 Å². The lowest BCUT2D eigenvalue weighted by molar-refractivity contribution is -0.284. The second-order valence-corrected chi connectivity index (χ2v) is 19.2. The van der Waals surface area contributed by atoms with E-state index in [-0.39, 0.29) is 116 Å². The second-order valence-electron chi connectivity index (χ2n) is 19.2. The van der Waals surface area contributed by atoms with E-state index in [0.717, 1.165) is 70.9 Å². The van der Waals surface area contributed by atoms with Crippen LogP contribution in [-0.4, -0.2) is 113 Å². The van der Waals surface area contributed by atoms with Crippen LogP contribution in [0, 0.1) is 11.3 Å². The Labute approximate surface area is 415 Å². The summed E-state index contributed by atoms with van der Waals surface area (Å²) in [7, 11) is 1.99. The number of likely N-dealkylation sites (tertiary alicyclic amines) is 1. The van der Waals surface area contributed by atoms with E-state index in [1.54, 1.807) is 0 Å². The second kappa shape index (κ2) is 36.7. The number of hydrogen-bond donors (Lipinski definition) is 0. The molecule has 2 unspecified atom stereocenters. The fourth-order valence-corrected chi connectivity index (χ4v) is 7.72. The number of carbonyl (C=O) groups excluding carboxylic acids is 3. The molecule has 2 atom stereocenters. The van der Waals surface area contributed by atoms with E-state index in [1.165, 1.54) is 19.3 Å². The molecule has 0 amide bonds. The van der Waals surface area contributed by atoms with Gasteiger partial charge in [0, 0.05) is 50.9 Å². The molecule has 0 aromatic rings. The first kappa shape index (κ1) is 65.9. The molecule has 0 radical (unpaired) electrons. The number of unbranched alkanes of at least 4 members (excludes halogenated alkanes) is 14. The molecule has 20 heteroatoms.